The normalized spacial score (nSPS) is 20.9. The first-order valence-corrected chi connectivity index (χ1v) is 7.64. The van der Waals surface area contributed by atoms with E-state index in [1.165, 1.54) is 0 Å². The third-order valence-corrected chi connectivity index (χ3v) is 4.46. The highest BCUT2D eigenvalue weighted by atomic mass is 35.5. The molecule has 0 saturated heterocycles. The molecule has 1 aliphatic heterocycles. The number of ketones is 1. The number of alkyl halides is 1. The topological polar surface area (TPSA) is 37.4 Å². The van der Waals surface area contributed by atoms with Crippen molar-refractivity contribution in [1.29, 1.82) is 0 Å². The maximum absolute atomic E-state index is 12.8. The number of rotatable bonds is 3. The van der Waals surface area contributed by atoms with Crippen molar-refractivity contribution in [3.63, 3.8) is 0 Å². The van der Waals surface area contributed by atoms with Crippen LogP contribution < -0.4 is 4.90 Å². The summed E-state index contributed by atoms with van der Waals surface area (Å²) < 4.78 is 0. The second-order valence-corrected chi connectivity index (χ2v) is 6.00. The predicted octanol–water partition coefficient (Wildman–Crippen LogP) is 3.46. The van der Waals surface area contributed by atoms with Crippen LogP contribution in [-0.4, -0.2) is 23.1 Å². The molecule has 0 saturated carbocycles. The molecule has 22 heavy (non-hydrogen) atoms. The number of carbonyl (C=O) groups is 2. The fourth-order valence-corrected chi connectivity index (χ4v) is 3.24. The van der Waals surface area contributed by atoms with Gasteiger partial charge in [-0.1, -0.05) is 54.1 Å². The number of benzene rings is 2. The molecule has 0 spiro atoms. The van der Waals surface area contributed by atoms with Crippen molar-refractivity contribution in [1.82, 2.24) is 0 Å². The summed E-state index contributed by atoms with van der Waals surface area (Å²) in [7, 11) is 0. The Balaban J connectivity index is 2.09. The van der Waals surface area contributed by atoms with Crippen LogP contribution in [0.5, 0.6) is 0 Å². The third kappa shape index (κ3) is 2.22. The number of halogens is 1. The number of carbonyl (C=O) groups excluding carboxylic acids is 2. The molecule has 1 heterocycles. The van der Waals surface area contributed by atoms with Crippen molar-refractivity contribution < 1.29 is 9.59 Å². The Morgan fingerprint density at radius 1 is 1.00 bits per heavy atom. The smallest absolute Gasteiger partial charge is 0.256 e. The summed E-state index contributed by atoms with van der Waals surface area (Å²) in [5.74, 6) is -0.660. The van der Waals surface area contributed by atoms with E-state index in [1.807, 2.05) is 43.3 Å². The van der Waals surface area contributed by atoms with Gasteiger partial charge in [-0.2, -0.15) is 0 Å². The van der Waals surface area contributed by atoms with Crippen molar-refractivity contribution >= 4 is 29.0 Å². The molecule has 3 rings (SSSR count). The number of hydrogen-bond acceptors (Lipinski definition) is 2. The summed E-state index contributed by atoms with van der Waals surface area (Å²) in [6, 6.07) is 16.5. The average Bonchev–Trinajstić information content (AvgIpc) is 2.55. The summed E-state index contributed by atoms with van der Waals surface area (Å²) in [5.41, 5.74) is 2.02. The Labute approximate surface area is 134 Å². The van der Waals surface area contributed by atoms with Crippen molar-refractivity contribution in [2.45, 2.75) is 18.2 Å². The lowest BCUT2D eigenvalue weighted by Gasteiger charge is -2.37. The maximum atomic E-state index is 12.8. The molecular formula is C18H16ClNO2. The first kappa shape index (κ1) is 14.8. The van der Waals surface area contributed by atoms with Crippen LogP contribution in [-0.2, 0) is 11.2 Å². The van der Waals surface area contributed by atoms with Crippen LogP contribution >= 0.6 is 11.6 Å². The zero-order valence-corrected chi connectivity index (χ0v) is 13.0. The lowest BCUT2D eigenvalue weighted by atomic mass is 9.85. The number of anilines is 1. The zero-order valence-electron chi connectivity index (χ0n) is 12.3. The standard InChI is InChI=1S/C18H16ClNO2/c1-2-20-15-11-7-6-10-14(15)16(21)18(19,17(20)22)12-13-8-4-3-5-9-13/h3-11H,2,12H2,1H3. The van der Waals surface area contributed by atoms with Crippen LogP contribution in [0.25, 0.3) is 0 Å². The molecule has 0 aromatic heterocycles. The van der Waals surface area contributed by atoms with E-state index in [4.69, 9.17) is 11.6 Å². The molecule has 2 aromatic carbocycles. The summed E-state index contributed by atoms with van der Waals surface area (Å²) in [6.45, 7) is 2.36. The van der Waals surface area contributed by atoms with Gasteiger partial charge in [0, 0.05) is 18.5 Å². The summed E-state index contributed by atoms with van der Waals surface area (Å²) in [4.78, 5) is 25.7. The molecule has 0 aliphatic carbocycles. The molecule has 1 aliphatic rings. The highest BCUT2D eigenvalue weighted by Crippen LogP contribution is 2.38. The average molecular weight is 314 g/mol. The Kier molecular flexibility index (Phi) is 3.75. The lowest BCUT2D eigenvalue weighted by molar-refractivity contribution is -0.120. The van der Waals surface area contributed by atoms with E-state index >= 15 is 0 Å². The first-order valence-electron chi connectivity index (χ1n) is 7.26. The Hall–Kier alpha value is -2.13. The number of para-hydroxylation sites is 1. The van der Waals surface area contributed by atoms with Gasteiger partial charge >= 0.3 is 0 Å². The molecule has 0 bridgehead atoms. The van der Waals surface area contributed by atoms with E-state index < -0.39 is 4.87 Å². The van der Waals surface area contributed by atoms with Gasteiger partial charge in [-0.15, -0.1) is 0 Å². The van der Waals surface area contributed by atoms with E-state index in [1.54, 1.807) is 23.1 Å². The quantitative estimate of drug-likeness (QED) is 0.643. The van der Waals surface area contributed by atoms with E-state index in [2.05, 4.69) is 0 Å². The monoisotopic (exact) mass is 313 g/mol. The fourth-order valence-electron chi connectivity index (χ4n) is 2.88. The highest BCUT2D eigenvalue weighted by Gasteiger charge is 2.51. The molecule has 3 nitrogen and oxygen atoms in total. The van der Waals surface area contributed by atoms with Gasteiger partial charge in [-0.3, -0.25) is 9.59 Å². The number of amides is 1. The first-order chi connectivity index (χ1) is 10.6. The second-order valence-electron chi connectivity index (χ2n) is 5.36. The van der Waals surface area contributed by atoms with Crippen LogP contribution in [0.3, 0.4) is 0 Å². The van der Waals surface area contributed by atoms with Crippen molar-refractivity contribution in [3.8, 4) is 0 Å². The van der Waals surface area contributed by atoms with Gasteiger partial charge in [-0.25, -0.2) is 0 Å². The van der Waals surface area contributed by atoms with E-state index in [0.717, 1.165) is 5.56 Å². The number of nitrogens with zero attached hydrogens (tertiary/aromatic N) is 1. The molecule has 4 heteroatoms. The van der Waals surface area contributed by atoms with Gasteiger partial charge in [-0.05, 0) is 24.6 Å². The van der Waals surface area contributed by atoms with Crippen LogP contribution in [0.4, 0.5) is 5.69 Å². The Morgan fingerprint density at radius 3 is 2.32 bits per heavy atom. The van der Waals surface area contributed by atoms with Crippen molar-refractivity contribution in [2.24, 2.45) is 0 Å². The molecule has 0 N–H and O–H groups in total. The third-order valence-electron chi connectivity index (χ3n) is 3.99. The molecule has 2 aromatic rings. The van der Waals surface area contributed by atoms with Crippen LogP contribution in [0.15, 0.2) is 54.6 Å². The van der Waals surface area contributed by atoms with E-state index in [0.29, 0.717) is 17.8 Å². The Morgan fingerprint density at radius 2 is 1.64 bits per heavy atom. The molecule has 1 amide bonds. The fraction of sp³-hybridized carbons (Fsp3) is 0.222. The van der Waals surface area contributed by atoms with Crippen LogP contribution in [0.1, 0.15) is 22.8 Å². The number of hydrogen-bond donors (Lipinski definition) is 0. The maximum Gasteiger partial charge on any atom is 0.256 e. The van der Waals surface area contributed by atoms with Crippen LogP contribution in [0, 0.1) is 0 Å². The van der Waals surface area contributed by atoms with Crippen LogP contribution in [0.2, 0.25) is 0 Å². The lowest BCUT2D eigenvalue weighted by Crippen LogP contribution is -2.56. The number of Topliss-reactive ketones (excluding diaryl/α,β-unsaturated/α-hetero) is 1. The Bertz CT molecular complexity index is 729. The van der Waals surface area contributed by atoms with Crippen molar-refractivity contribution in [3.05, 3.63) is 65.7 Å². The minimum atomic E-state index is -1.56. The molecule has 1 atom stereocenters. The molecule has 112 valence electrons. The summed E-state index contributed by atoms with van der Waals surface area (Å²) >= 11 is 6.57. The minimum Gasteiger partial charge on any atom is -0.310 e. The van der Waals surface area contributed by atoms with E-state index in [-0.39, 0.29) is 18.1 Å². The van der Waals surface area contributed by atoms with Gasteiger partial charge in [0.1, 0.15) is 0 Å². The van der Waals surface area contributed by atoms with E-state index in [9.17, 15) is 9.59 Å². The summed E-state index contributed by atoms with van der Waals surface area (Å²) in [6.07, 6.45) is 0.192. The molecule has 0 radical (unpaired) electrons. The largest absolute Gasteiger partial charge is 0.310 e. The second kappa shape index (κ2) is 5.58. The zero-order chi connectivity index (χ0) is 15.7. The minimum absolute atomic E-state index is 0.192. The van der Waals surface area contributed by atoms with Gasteiger partial charge in [0.25, 0.3) is 5.91 Å². The number of fused-ring (bicyclic) bond motifs is 1. The predicted molar refractivity (Wildman–Crippen MR) is 87.5 cm³/mol. The van der Waals surface area contributed by atoms with Gasteiger partial charge in [0.2, 0.25) is 0 Å². The van der Waals surface area contributed by atoms with Crippen molar-refractivity contribution in [2.75, 3.05) is 11.4 Å². The van der Waals surface area contributed by atoms with Gasteiger partial charge in [0.05, 0.1) is 5.69 Å². The van der Waals surface area contributed by atoms with Gasteiger partial charge in [0.15, 0.2) is 10.7 Å². The summed E-state index contributed by atoms with van der Waals surface area (Å²) in [5, 5.41) is 0. The SMILES string of the molecule is CCN1C(=O)C(Cl)(Cc2ccccc2)C(=O)c2ccccc21. The van der Waals surface area contributed by atoms with Gasteiger partial charge < -0.3 is 4.90 Å². The molecule has 0 fully saturated rings. The molecular weight excluding hydrogens is 298 g/mol. The highest BCUT2D eigenvalue weighted by molar-refractivity contribution is 6.52. The molecule has 1 unspecified atom stereocenters.